The molecule has 1 atom stereocenters. The van der Waals surface area contributed by atoms with E-state index in [-0.39, 0.29) is 17.8 Å². The van der Waals surface area contributed by atoms with Crippen molar-refractivity contribution in [1.29, 1.82) is 0 Å². The van der Waals surface area contributed by atoms with E-state index in [1.807, 2.05) is 6.08 Å². The fourth-order valence-electron chi connectivity index (χ4n) is 4.67. The highest BCUT2D eigenvalue weighted by Gasteiger charge is 2.34. The molecule has 3 nitrogen and oxygen atoms in total. The van der Waals surface area contributed by atoms with Crippen molar-refractivity contribution in [3.63, 3.8) is 0 Å². The Labute approximate surface area is 162 Å². The van der Waals surface area contributed by atoms with E-state index in [1.54, 1.807) is 12.1 Å². The predicted molar refractivity (Wildman–Crippen MR) is 105 cm³/mol. The van der Waals surface area contributed by atoms with Crippen LogP contribution in [-0.2, 0) is 6.42 Å². The molecule has 1 N–H and O–H groups in total. The van der Waals surface area contributed by atoms with Gasteiger partial charge in [0, 0.05) is 31.7 Å². The molecule has 0 fully saturated rings. The maximum Gasteiger partial charge on any atom is 0.130 e. The first kappa shape index (κ1) is 17.6. The Morgan fingerprint density at radius 1 is 1.00 bits per heavy atom. The van der Waals surface area contributed by atoms with Gasteiger partial charge in [-0.05, 0) is 60.7 Å². The minimum Gasteiger partial charge on any atom is -0.362 e. The molecule has 0 saturated heterocycles. The van der Waals surface area contributed by atoms with E-state index in [4.69, 9.17) is 0 Å². The number of benzene rings is 2. The molecule has 3 aliphatic heterocycles. The van der Waals surface area contributed by atoms with Gasteiger partial charge in [0.05, 0.1) is 11.4 Å². The molecule has 0 aromatic heterocycles. The van der Waals surface area contributed by atoms with Crippen molar-refractivity contribution in [1.82, 2.24) is 4.90 Å². The van der Waals surface area contributed by atoms with Crippen molar-refractivity contribution in [2.75, 3.05) is 36.4 Å². The van der Waals surface area contributed by atoms with Crippen LogP contribution in [-0.4, -0.2) is 37.2 Å². The molecule has 3 aliphatic rings. The quantitative estimate of drug-likeness (QED) is 0.845. The summed E-state index contributed by atoms with van der Waals surface area (Å²) in [6, 6.07) is 6.84. The molecular weight excluding hydrogens is 363 g/mol. The maximum absolute atomic E-state index is 14.0. The van der Waals surface area contributed by atoms with Crippen molar-refractivity contribution in [3.8, 4) is 0 Å². The summed E-state index contributed by atoms with van der Waals surface area (Å²) in [6.07, 6.45) is 4.72. The molecule has 2 aromatic rings. The Balaban J connectivity index is 1.30. The Hall–Kier alpha value is -2.47. The summed E-state index contributed by atoms with van der Waals surface area (Å²) in [7, 11) is 0. The molecule has 146 valence electrons. The molecule has 3 heterocycles. The zero-order valence-electron chi connectivity index (χ0n) is 15.5. The van der Waals surface area contributed by atoms with E-state index >= 15 is 0 Å². The van der Waals surface area contributed by atoms with Crippen LogP contribution in [0.5, 0.6) is 0 Å². The largest absolute Gasteiger partial charge is 0.362 e. The molecule has 1 unspecified atom stereocenters. The van der Waals surface area contributed by atoms with Gasteiger partial charge in [0.15, 0.2) is 0 Å². The summed E-state index contributed by atoms with van der Waals surface area (Å²) in [6.45, 7) is 3.23. The van der Waals surface area contributed by atoms with Gasteiger partial charge >= 0.3 is 0 Å². The zero-order valence-corrected chi connectivity index (χ0v) is 15.5. The Bertz CT molecular complexity index is 956. The molecule has 0 saturated carbocycles. The molecule has 0 radical (unpaired) electrons. The van der Waals surface area contributed by atoms with Gasteiger partial charge in [-0.15, -0.1) is 0 Å². The fraction of sp³-hybridized carbons (Fsp3) is 0.364. The summed E-state index contributed by atoms with van der Waals surface area (Å²) in [5.74, 6) is -0.982. The maximum atomic E-state index is 14.0. The topological polar surface area (TPSA) is 18.5 Å². The number of halogens is 3. The Kier molecular flexibility index (Phi) is 4.31. The van der Waals surface area contributed by atoms with Gasteiger partial charge in [-0.1, -0.05) is 6.08 Å². The van der Waals surface area contributed by atoms with Crippen molar-refractivity contribution >= 4 is 16.9 Å². The second-order valence-electron chi connectivity index (χ2n) is 7.78. The van der Waals surface area contributed by atoms with Crippen molar-refractivity contribution < 1.29 is 13.2 Å². The van der Waals surface area contributed by atoms with Crippen LogP contribution in [0.2, 0.25) is 0 Å². The second-order valence-corrected chi connectivity index (χ2v) is 7.78. The average molecular weight is 385 g/mol. The minimum atomic E-state index is -0.416. The SMILES string of the molecule is Fc1cc2c3c(c1)NC(CN1CC=C(c4cc(F)ccc4F)CC1)N3CCC2. The summed E-state index contributed by atoms with van der Waals surface area (Å²) in [5.41, 5.74) is 4.33. The second kappa shape index (κ2) is 6.85. The van der Waals surface area contributed by atoms with Crippen LogP contribution in [0, 0.1) is 17.5 Å². The van der Waals surface area contributed by atoms with Crippen LogP contribution in [0.15, 0.2) is 36.4 Å². The average Bonchev–Trinajstić information content (AvgIpc) is 3.03. The smallest absolute Gasteiger partial charge is 0.130 e. The molecule has 0 spiro atoms. The van der Waals surface area contributed by atoms with Gasteiger partial charge in [-0.2, -0.15) is 0 Å². The molecule has 0 aliphatic carbocycles. The Morgan fingerprint density at radius 3 is 2.71 bits per heavy atom. The van der Waals surface area contributed by atoms with E-state index < -0.39 is 5.82 Å². The first-order valence-electron chi connectivity index (χ1n) is 9.81. The van der Waals surface area contributed by atoms with Gasteiger partial charge in [0.25, 0.3) is 0 Å². The number of hydrogen-bond donors (Lipinski definition) is 1. The third-order valence-corrected chi connectivity index (χ3v) is 5.98. The van der Waals surface area contributed by atoms with E-state index in [2.05, 4.69) is 15.1 Å². The van der Waals surface area contributed by atoms with E-state index in [0.717, 1.165) is 61.1 Å². The number of hydrogen-bond acceptors (Lipinski definition) is 3. The van der Waals surface area contributed by atoms with Crippen LogP contribution in [0.3, 0.4) is 0 Å². The number of nitrogens with zero attached hydrogens (tertiary/aromatic N) is 2. The van der Waals surface area contributed by atoms with Crippen molar-refractivity contribution in [2.45, 2.75) is 25.4 Å². The van der Waals surface area contributed by atoms with Gasteiger partial charge in [0.2, 0.25) is 0 Å². The molecule has 2 aromatic carbocycles. The fourth-order valence-corrected chi connectivity index (χ4v) is 4.67. The molecule has 6 heteroatoms. The Morgan fingerprint density at radius 2 is 1.89 bits per heavy atom. The summed E-state index contributed by atoms with van der Waals surface area (Å²) >= 11 is 0. The van der Waals surface area contributed by atoms with Crippen LogP contribution < -0.4 is 10.2 Å². The lowest BCUT2D eigenvalue weighted by Gasteiger charge is -2.35. The van der Waals surface area contributed by atoms with E-state index in [9.17, 15) is 13.2 Å². The van der Waals surface area contributed by atoms with E-state index in [1.165, 1.54) is 12.1 Å². The lowest BCUT2D eigenvalue weighted by molar-refractivity contribution is 0.286. The highest BCUT2D eigenvalue weighted by atomic mass is 19.1. The lowest BCUT2D eigenvalue weighted by Crippen LogP contribution is -2.47. The standard InChI is InChI=1S/C22H22F3N3/c23-16-3-4-19(25)18(11-16)14-5-8-27(9-6-14)13-21-26-20-12-17(24)10-15-2-1-7-28(21)22(15)20/h3-5,10-12,21,26H,1-2,6-9,13H2. The van der Waals surface area contributed by atoms with E-state index in [0.29, 0.717) is 18.5 Å². The molecule has 5 rings (SSSR count). The molecule has 0 amide bonds. The van der Waals surface area contributed by atoms with Gasteiger partial charge in [-0.3, -0.25) is 4.90 Å². The summed E-state index contributed by atoms with van der Waals surface area (Å²) in [5, 5.41) is 3.48. The number of aryl methyl sites for hydroxylation is 1. The van der Waals surface area contributed by atoms with Gasteiger partial charge in [-0.25, -0.2) is 13.2 Å². The first-order valence-corrected chi connectivity index (χ1v) is 9.81. The molecular formula is C22H22F3N3. The lowest BCUT2D eigenvalue weighted by atomic mass is 9.98. The monoisotopic (exact) mass is 385 g/mol. The minimum absolute atomic E-state index is 0.108. The van der Waals surface area contributed by atoms with Crippen LogP contribution in [0.25, 0.3) is 5.57 Å². The van der Waals surface area contributed by atoms with Gasteiger partial charge in [0.1, 0.15) is 23.6 Å². The third-order valence-electron chi connectivity index (χ3n) is 5.98. The number of anilines is 2. The van der Waals surface area contributed by atoms with Gasteiger partial charge < -0.3 is 10.2 Å². The summed E-state index contributed by atoms with van der Waals surface area (Å²) < 4.78 is 41.4. The van der Waals surface area contributed by atoms with Crippen LogP contribution in [0.4, 0.5) is 24.5 Å². The first-order chi connectivity index (χ1) is 13.6. The zero-order chi connectivity index (χ0) is 19.3. The van der Waals surface area contributed by atoms with Crippen LogP contribution in [0.1, 0.15) is 24.0 Å². The highest BCUT2D eigenvalue weighted by molar-refractivity contribution is 5.80. The molecule has 0 bridgehead atoms. The normalized spacial score (nSPS) is 21.3. The highest BCUT2D eigenvalue weighted by Crippen LogP contribution is 2.42. The number of nitrogens with one attached hydrogen (secondary N) is 1. The van der Waals surface area contributed by atoms with Crippen LogP contribution >= 0.6 is 0 Å². The molecule has 28 heavy (non-hydrogen) atoms. The summed E-state index contributed by atoms with van der Waals surface area (Å²) in [4.78, 5) is 4.65. The van der Waals surface area contributed by atoms with Crippen molar-refractivity contribution in [2.24, 2.45) is 0 Å². The number of rotatable bonds is 3. The van der Waals surface area contributed by atoms with Crippen molar-refractivity contribution in [3.05, 3.63) is 65.0 Å². The third kappa shape index (κ3) is 3.05. The predicted octanol–water partition coefficient (Wildman–Crippen LogP) is 4.40.